The molecule has 0 aliphatic heterocycles. The van der Waals surface area contributed by atoms with Gasteiger partial charge in [-0.15, -0.1) is 24.0 Å². The van der Waals surface area contributed by atoms with Crippen LogP contribution in [0.1, 0.15) is 18.1 Å². The molecule has 3 N–H and O–H groups in total. The minimum absolute atomic E-state index is 0. The SMILES string of the molecule is CCNC(=NCc1cccc(-c2ncn[nH]2)c1)NCCc1ccc(OC)cc1.I. The highest BCUT2D eigenvalue weighted by Gasteiger charge is 2.03. The summed E-state index contributed by atoms with van der Waals surface area (Å²) in [4.78, 5) is 8.89. The van der Waals surface area contributed by atoms with E-state index in [0.717, 1.165) is 48.2 Å². The first-order valence-corrected chi connectivity index (χ1v) is 9.38. The second kappa shape index (κ2) is 12.1. The monoisotopic (exact) mass is 506 g/mol. The summed E-state index contributed by atoms with van der Waals surface area (Å²) >= 11 is 0. The van der Waals surface area contributed by atoms with Crippen LogP contribution in [-0.2, 0) is 13.0 Å². The van der Waals surface area contributed by atoms with Crippen molar-refractivity contribution in [3.63, 3.8) is 0 Å². The third-order valence-electron chi connectivity index (χ3n) is 4.24. The van der Waals surface area contributed by atoms with Crippen LogP contribution in [0.3, 0.4) is 0 Å². The van der Waals surface area contributed by atoms with Crippen molar-refractivity contribution < 1.29 is 4.74 Å². The van der Waals surface area contributed by atoms with Gasteiger partial charge in [0, 0.05) is 18.7 Å². The Morgan fingerprint density at radius 2 is 1.93 bits per heavy atom. The summed E-state index contributed by atoms with van der Waals surface area (Å²) < 4.78 is 5.20. The Morgan fingerprint density at radius 1 is 1.10 bits per heavy atom. The molecular weight excluding hydrogens is 479 g/mol. The summed E-state index contributed by atoms with van der Waals surface area (Å²) in [6, 6.07) is 16.3. The third-order valence-corrected chi connectivity index (χ3v) is 4.24. The van der Waals surface area contributed by atoms with Crippen LogP contribution < -0.4 is 15.4 Å². The van der Waals surface area contributed by atoms with Gasteiger partial charge in [-0.05, 0) is 42.7 Å². The fourth-order valence-corrected chi connectivity index (χ4v) is 2.79. The number of aromatic amines is 1. The zero-order valence-electron chi connectivity index (χ0n) is 16.7. The van der Waals surface area contributed by atoms with Gasteiger partial charge in [-0.3, -0.25) is 5.10 Å². The molecule has 0 atom stereocenters. The standard InChI is InChI=1S/C21H26N6O.HI/c1-3-22-21(23-12-11-16-7-9-19(28-2)10-8-16)24-14-17-5-4-6-18(13-17)20-25-15-26-27-20;/h4-10,13,15H,3,11-12,14H2,1-2H3,(H2,22,23,24)(H,25,26,27);1H. The van der Waals surface area contributed by atoms with Crippen molar-refractivity contribution in [3.8, 4) is 17.1 Å². The molecule has 29 heavy (non-hydrogen) atoms. The highest BCUT2D eigenvalue weighted by Crippen LogP contribution is 2.16. The number of nitrogens with one attached hydrogen (secondary N) is 3. The number of methoxy groups -OCH3 is 1. The van der Waals surface area contributed by atoms with Gasteiger partial charge in [0.15, 0.2) is 11.8 Å². The van der Waals surface area contributed by atoms with Crippen LogP contribution in [0.5, 0.6) is 5.75 Å². The van der Waals surface area contributed by atoms with Crippen LogP contribution in [0.2, 0.25) is 0 Å². The van der Waals surface area contributed by atoms with Crippen LogP contribution in [0.4, 0.5) is 0 Å². The maximum Gasteiger partial charge on any atom is 0.191 e. The molecule has 1 heterocycles. The average molecular weight is 506 g/mol. The number of aromatic nitrogens is 3. The molecule has 3 rings (SSSR count). The lowest BCUT2D eigenvalue weighted by Crippen LogP contribution is -2.38. The van der Waals surface area contributed by atoms with E-state index < -0.39 is 0 Å². The fourth-order valence-electron chi connectivity index (χ4n) is 2.79. The van der Waals surface area contributed by atoms with Gasteiger partial charge in [0.05, 0.1) is 13.7 Å². The number of guanidine groups is 1. The molecule has 154 valence electrons. The van der Waals surface area contributed by atoms with Gasteiger partial charge in [-0.25, -0.2) is 9.98 Å². The van der Waals surface area contributed by atoms with Crippen molar-refractivity contribution in [1.29, 1.82) is 0 Å². The van der Waals surface area contributed by atoms with Crippen LogP contribution in [0.25, 0.3) is 11.4 Å². The Hall–Kier alpha value is -2.62. The van der Waals surface area contributed by atoms with Gasteiger partial charge in [0.1, 0.15) is 12.1 Å². The van der Waals surface area contributed by atoms with Gasteiger partial charge in [0.2, 0.25) is 0 Å². The van der Waals surface area contributed by atoms with Crippen LogP contribution >= 0.6 is 24.0 Å². The smallest absolute Gasteiger partial charge is 0.191 e. The molecule has 0 saturated carbocycles. The lowest BCUT2D eigenvalue weighted by atomic mass is 10.1. The number of H-pyrrole nitrogens is 1. The van der Waals surface area contributed by atoms with Crippen molar-refractivity contribution in [3.05, 3.63) is 66.0 Å². The first-order valence-electron chi connectivity index (χ1n) is 9.38. The molecule has 0 aliphatic carbocycles. The third kappa shape index (κ3) is 7.04. The minimum atomic E-state index is 0. The number of benzene rings is 2. The summed E-state index contributed by atoms with van der Waals surface area (Å²) in [6.07, 6.45) is 2.42. The number of hydrogen-bond acceptors (Lipinski definition) is 4. The number of aliphatic imine (C=N–C) groups is 1. The van der Waals surface area contributed by atoms with Crippen molar-refractivity contribution in [2.45, 2.75) is 19.9 Å². The Balaban J connectivity index is 0.00000300. The number of ether oxygens (including phenoxy) is 1. The Kier molecular flexibility index (Phi) is 9.42. The molecule has 3 aromatic rings. The quantitative estimate of drug-likeness (QED) is 0.248. The molecule has 0 saturated heterocycles. The molecule has 0 unspecified atom stereocenters. The molecular formula is C21H27IN6O. The van der Waals surface area contributed by atoms with Gasteiger partial charge in [-0.2, -0.15) is 5.10 Å². The number of hydrogen-bond donors (Lipinski definition) is 3. The van der Waals surface area contributed by atoms with Gasteiger partial charge < -0.3 is 15.4 Å². The maximum absolute atomic E-state index is 5.20. The molecule has 0 bridgehead atoms. The van der Waals surface area contributed by atoms with E-state index in [1.807, 2.05) is 24.3 Å². The van der Waals surface area contributed by atoms with Gasteiger partial charge >= 0.3 is 0 Å². The van der Waals surface area contributed by atoms with E-state index in [1.54, 1.807) is 7.11 Å². The molecule has 2 aromatic carbocycles. The summed E-state index contributed by atoms with van der Waals surface area (Å²) in [7, 11) is 1.68. The zero-order chi connectivity index (χ0) is 19.6. The molecule has 0 aliphatic rings. The fraction of sp³-hybridized carbons (Fsp3) is 0.286. The normalized spacial score (nSPS) is 10.9. The average Bonchev–Trinajstić information content (AvgIpc) is 3.28. The zero-order valence-corrected chi connectivity index (χ0v) is 19.0. The first-order chi connectivity index (χ1) is 13.8. The van der Waals surface area contributed by atoms with E-state index in [2.05, 4.69) is 57.0 Å². The first kappa shape index (κ1) is 22.7. The predicted molar refractivity (Wildman–Crippen MR) is 127 cm³/mol. The minimum Gasteiger partial charge on any atom is -0.497 e. The van der Waals surface area contributed by atoms with Crippen molar-refractivity contribution in [2.24, 2.45) is 4.99 Å². The number of halogens is 1. The van der Waals surface area contributed by atoms with E-state index in [4.69, 9.17) is 9.73 Å². The Labute approximate surface area is 188 Å². The molecule has 7 nitrogen and oxygen atoms in total. The van der Waals surface area contributed by atoms with E-state index in [9.17, 15) is 0 Å². The Morgan fingerprint density at radius 3 is 2.62 bits per heavy atom. The van der Waals surface area contributed by atoms with Crippen molar-refractivity contribution in [2.75, 3.05) is 20.2 Å². The summed E-state index contributed by atoms with van der Waals surface area (Å²) in [5.41, 5.74) is 3.37. The van der Waals surface area contributed by atoms with E-state index in [-0.39, 0.29) is 24.0 Å². The number of rotatable bonds is 8. The largest absolute Gasteiger partial charge is 0.497 e. The van der Waals surface area contributed by atoms with E-state index in [1.165, 1.54) is 11.9 Å². The molecule has 0 fully saturated rings. The predicted octanol–water partition coefficient (Wildman–Crippen LogP) is 3.40. The van der Waals surface area contributed by atoms with Crippen LogP contribution in [-0.4, -0.2) is 41.3 Å². The highest BCUT2D eigenvalue weighted by molar-refractivity contribution is 14.0. The van der Waals surface area contributed by atoms with Crippen LogP contribution in [0.15, 0.2) is 59.9 Å². The lowest BCUT2D eigenvalue weighted by molar-refractivity contribution is 0.414. The van der Waals surface area contributed by atoms with E-state index >= 15 is 0 Å². The highest BCUT2D eigenvalue weighted by atomic mass is 127. The van der Waals surface area contributed by atoms with E-state index in [0.29, 0.717) is 6.54 Å². The Bertz CT molecular complexity index is 880. The lowest BCUT2D eigenvalue weighted by Gasteiger charge is -2.12. The molecule has 8 heteroatoms. The van der Waals surface area contributed by atoms with Crippen molar-refractivity contribution >= 4 is 29.9 Å². The molecule has 0 spiro atoms. The molecule has 1 aromatic heterocycles. The number of nitrogens with zero attached hydrogens (tertiary/aromatic N) is 3. The summed E-state index contributed by atoms with van der Waals surface area (Å²) in [5.74, 6) is 2.44. The maximum atomic E-state index is 5.20. The molecule has 0 radical (unpaired) electrons. The van der Waals surface area contributed by atoms with Gasteiger partial charge in [0.25, 0.3) is 0 Å². The van der Waals surface area contributed by atoms with Crippen molar-refractivity contribution in [1.82, 2.24) is 25.8 Å². The second-order valence-electron chi connectivity index (χ2n) is 6.25. The summed E-state index contributed by atoms with van der Waals surface area (Å²) in [6.45, 7) is 4.26. The second-order valence-corrected chi connectivity index (χ2v) is 6.25. The van der Waals surface area contributed by atoms with Crippen LogP contribution in [0, 0.1) is 0 Å². The molecule has 0 amide bonds. The summed E-state index contributed by atoms with van der Waals surface area (Å²) in [5, 5.41) is 13.5. The topological polar surface area (TPSA) is 87.2 Å². The van der Waals surface area contributed by atoms with Gasteiger partial charge in [-0.1, -0.05) is 30.3 Å².